The second-order valence-electron chi connectivity index (χ2n) is 4.17. The lowest BCUT2D eigenvalue weighted by molar-refractivity contribution is -0.122. The van der Waals surface area contributed by atoms with Gasteiger partial charge in [0.05, 0.1) is 25.9 Å². The number of rotatable bonds is 9. The summed E-state index contributed by atoms with van der Waals surface area (Å²) in [5.41, 5.74) is 0. The Bertz CT molecular complexity index is 356. The molecule has 1 atom stereocenters. The molecule has 1 unspecified atom stereocenters. The van der Waals surface area contributed by atoms with Crippen LogP contribution in [0.15, 0.2) is 30.3 Å². The van der Waals surface area contributed by atoms with Crippen molar-refractivity contribution >= 4 is 5.91 Å². The van der Waals surface area contributed by atoms with E-state index in [0.29, 0.717) is 26.1 Å². The lowest BCUT2D eigenvalue weighted by Crippen LogP contribution is -2.40. The number of para-hydroxylation sites is 1. The Morgan fingerprint density at radius 3 is 2.74 bits per heavy atom. The topological polar surface area (TPSA) is 67.8 Å². The van der Waals surface area contributed by atoms with Crippen LogP contribution in [0, 0.1) is 0 Å². The third kappa shape index (κ3) is 6.79. The number of aliphatic hydroxyl groups excluding tert-OH is 1. The highest BCUT2D eigenvalue weighted by Gasteiger charge is 2.10. The summed E-state index contributed by atoms with van der Waals surface area (Å²) in [6.07, 6.45) is 0.999. The number of hydrogen-bond acceptors (Lipinski definition) is 4. The molecule has 1 rings (SSSR count). The van der Waals surface area contributed by atoms with Crippen LogP contribution in [-0.2, 0) is 9.53 Å². The van der Waals surface area contributed by atoms with Crippen LogP contribution in [0.5, 0.6) is 5.75 Å². The summed E-state index contributed by atoms with van der Waals surface area (Å²) in [6.45, 7) is 0.675. The van der Waals surface area contributed by atoms with Crippen LogP contribution in [-0.4, -0.2) is 44.0 Å². The molecule has 0 radical (unpaired) electrons. The molecule has 19 heavy (non-hydrogen) atoms. The van der Waals surface area contributed by atoms with Crippen molar-refractivity contribution in [1.29, 1.82) is 0 Å². The highest BCUT2D eigenvalue weighted by atomic mass is 16.5. The standard InChI is InChI=1S/C14H21NO4/c1-18-11-12(10-16)15-14(17)8-5-9-19-13-6-3-2-4-7-13/h2-4,6-7,12,16H,5,8-11H2,1H3,(H,15,17). The molecule has 0 saturated heterocycles. The third-order valence-corrected chi connectivity index (χ3v) is 2.51. The number of hydrogen-bond donors (Lipinski definition) is 2. The molecule has 0 bridgehead atoms. The van der Waals surface area contributed by atoms with Gasteiger partial charge >= 0.3 is 0 Å². The van der Waals surface area contributed by atoms with Gasteiger partial charge in [0.15, 0.2) is 0 Å². The molecule has 1 aromatic carbocycles. The zero-order valence-corrected chi connectivity index (χ0v) is 11.2. The van der Waals surface area contributed by atoms with Gasteiger partial charge in [-0.25, -0.2) is 0 Å². The molecule has 0 fully saturated rings. The van der Waals surface area contributed by atoms with E-state index in [4.69, 9.17) is 14.6 Å². The first-order valence-corrected chi connectivity index (χ1v) is 6.33. The SMILES string of the molecule is COCC(CO)NC(=O)CCCOc1ccccc1. The zero-order chi connectivity index (χ0) is 13.9. The Hall–Kier alpha value is -1.59. The second kappa shape index (κ2) is 9.35. The average molecular weight is 267 g/mol. The number of amides is 1. The van der Waals surface area contributed by atoms with E-state index in [9.17, 15) is 4.79 Å². The minimum Gasteiger partial charge on any atom is -0.494 e. The molecule has 1 aromatic rings. The van der Waals surface area contributed by atoms with Crippen LogP contribution >= 0.6 is 0 Å². The first-order chi connectivity index (χ1) is 9.26. The van der Waals surface area contributed by atoms with E-state index in [2.05, 4.69) is 5.32 Å². The van der Waals surface area contributed by atoms with E-state index in [-0.39, 0.29) is 18.6 Å². The molecule has 5 nitrogen and oxygen atoms in total. The molecule has 1 amide bonds. The Labute approximate surface area is 113 Å². The normalized spacial score (nSPS) is 11.9. The smallest absolute Gasteiger partial charge is 0.220 e. The van der Waals surface area contributed by atoms with Crippen molar-refractivity contribution in [3.05, 3.63) is 30.3 Å². The number of nitrogens with one attached hydrogen (secondary N) is 1. The summed E-state index contributed by atoms with van der Waals surface area (Å²) < 4.78 is 10.4. The summed E-state index contributed by atoms with van der Waals surface area (Å²) >= 11 is 0. The molecular formula is C14H21NO4. The maximum Gasteiger partial charge on any atom is 0.220 e. The largest absolute Gasteiger partial charge is 0.494 e. The van der Waals surface area contributed by atoms with Crippen molar-refractivity contribution < 1.29 is 19.4 Å². The van der Waals surface area contributed by atoms with Crippen molar-refractivity contribution in [2.24, 2.45) is 0 Å². The van der Waals surface area contributed by atoms with Crippen molar-refractivity contribution in [3.63, 3.8) is 0 Å². The minimum atomic E-state index is -0.340. The predicted molar refractivity (Wildman–Crippen MR) is 72.1 cm³/mol. The summed E-state index contributed by atoms with van der Waals surface area (Å²) in [7, 11) is 1.53. The number of methoxy groups -OCH3 is 1. The van der Waals surface area contributed by atoms with Crippen LogP contribution in [0.2, 0.25) is 0 Å². The van der Waals surface area contributed by atoms with Gasteiger partial charge in [-0.1, -0.05) is 18.2 Å². The van der Waals surface area contributed by atoms with E-state index in [1.54, 1.807) is 0 Å². The van der Waals surface area contributed by atoms with Gasteiger partial charge in [-0.2, -0.15) is 0 Å². The van der Waals surface area contributed by atoms with Gasteiger partial charge in [0.1, 0.15) is 5.75 Å². The summed E-state index contributed by atoms with van der Waals surface area (Å²) in [5.74, 6) is 0.697. The number of carbonyl (C=O) groups excluding carboxylic acids is 1. The van der Waals surface area contributed by atoms with Gasteiger partial charge in [0, 0.05) is 13.5 Å². The first-order valence-electron chi connectivity index (χ1n) is 6.33. The van der Waals surface area contributed by atoms with Crippen LogP contribution in [0.25, 0.3) is 0 Å². The number of benzene rings is 1. The van der Waals surface area contributed by atoms with Gasteiger partial charge in [-0.3, -0.25) is 4.79 Å². The average Bonchev–Trinajstić information content (AvgIpc) is 2.44. The summed E-state index contributed by atoms with van der Waals surface area (Å²) in [5, 5.41) is 11.7. The van der Waals surface area contributed by atoms with Gasteiger partial charge in [0.25, 0.3) is 0 Å². The van der Waals surface area contributed by atoms with Crippen LogP contribution in [0.3, 0.4) is 0 Å². The van der Waals surface area contributed by atoms with E-state index < -0.39 is 0 Å². The molecular weight excluding hydrogens is 246 g/mol. The molecule has 0 aromatic heterocycles. The Morgan fingerprint density at radius 1 is 1.37 bits per heavy atom. The molecule has 0 aliphatic heterocycles. The first kappa shape index (κ1) is 15.5. The predicted octanol–water partition coefficient (Wildman–Crippen LogP) is 0.969. The Kier molecular flexibility index (Phi) is 7.62. The summed E-state index contributed by atoms with van der Waals surface area (Å²) in [6, 6.07) is 9.14. The lowest BCUT2D eigenvalue weighted by atomic mass is 10.2. The molecule has 0 aliphatic carbocycles. The fraction of sp³-hybridized carbons (Fsp3) is 0.500. The molecule has 2 N–H and O–H groups in total. The fourth-order valence-electron chi connectivity index (χ4n) is 1.58. The highest BCUT2D eigenvalue weighted by molar-refractivity contribution is 5.76. The Balaban J connectivity index is 2.13. The molecule has 0 spiro atoms. The van der Waals surface area contributed by atoms with Crippen molar-refractivity contribution in [2.75, 3.05) is 26.9 Å². The Morgan fingerprint density at radius 2 is 2.11 bits per heavy atom. The van der Waals surface area contributed by atoms with Gasteiger partial charge < -0.3 is 19.9 Å². The monoisotopic (exact) mass is 267 g/mol. The zero-order valence-electron chi connectivity index (χ0n) is 11.2. The fourth-order valence-corrected chi connectivity index (χ4v) is 1.58. The van der Waals surface area contributed by atoms with Gasteiger partial charge in [-0.15, -0.1) is 0 Å². The maximum absolute atomic E-state index is 11.6. The van der Waals surface area contributed by atoms with Crippen molar-refractivity contribution in [1.82, 2.24) is 5.32 Å². The second-order valence-corrected chi connectivity index (χ2v) is 4.17. The number of carbonyl (C=O) groups is 1. The van der Waals surface area contributed by atoms with Crippen molar-refractivity contribution in [2.45, 2.75) is 18.9 Å². The van der Waals surface area contributed by atoms with E-state index in [1.807, 2.05) is 30.3 Å². The quantitative estimate of drug-likeness (QED) is 0.654. The van der Waals surface area contributed by atoms with Crippen LogP contribution < -0.4 is 10.1 Å². The lowest BCUT2D eigenvalue weighted by Gasteiger charge is -2.15. The van der Waals surface area contributed by atoms with E-state index >= 15 is 0 Å². The van der Waals surface area contributed by atoms with E-state index in [1.165, 1.54) is 7.11 Å². The maximum atomic E-state index is 11.6. The highest BCUT2D eigenvalue weighted by Crippen LogP contribution is 2.08. The molecule has 0 aliphatic rings. The molecule has 106 valence electrons. The van der Waals surface area contributed by atoms with Crippen LogP contribution in [0.1, 0.15) is 12.8 Å². The molecule has 0 heterocycles. The number of ether oxygens (including phenoxy) is 2. The summed E-state index contributed by atoms with van der Waals surface area (Å²) in [4.78, 5) is 11.6. The molecule has 0 saturated carbocycles. The van der Waals surface area contributed by atoms with Gasteiger partial charge in [-0.05, 0) is 18.6 Å². The van der Waals surface area contributed by atoms with E-state index in [0.717, 1.165) is 5.75 Å². The number of aliphatic hydroxyl groups is 1. The van der Waals surface area contributed by atoms with Gasteiger partial charge in [0.2, 0.25) is 5.91 Å². The third-order valence-electron chi connectivity index (χ3n) is 2.51. The van der Waals surface area contributed by atoms with Crippen molar-refractivity contribution in [3.8, 4) is 5.75 Å². The van der Waals surface area contributed by atoms with Crippen LogP contribution in [0.4, 0.5) is 0 Å². The molecule has 5 heteroatoms. The minimum absolute atomic E-state index is 0.104.